The predicted molar refractivity (Wildman–Crippen MR) is 126 cm³/mol. The van der Waals surface area contributed by atoms with E-state index in [-0.39, 0.29) is 17.3 Å². The summed E-state index contributed by atoms with van der Waals surface area (Å²) in [6.07, 6.45) is 1.68. The fourth-order valence-electron chi connectivity index (χ4n) is 4.32. The van der Waals surface area contributed by atoms with Crippen molar-refractivity contribution in [2.75, 3.05) is 37.0 Å². The lowest BCUT2D eigenvalue weighted by atomic mass is 9.86. The van der Waals surface area contributed by atoms with Gasteiger partial charge in [-0.1, -0.05) is 11.6 Å². The van der Waals surface area contributed by atoms with Crippen molar-refractivity contribution in [1.82, 2.24) is 4.31 Å². The maximum absolute atomic E-state index is 13.2. The van der Waals surface area contributed by atoms with Crippen LogP contribution in [0.4, 0.5) is 11.4 Å². The standard InChI is InChI=1S/C23H26ClN3O5S/c1-23(2)17-13-16(33(30,31)26-10-4-5-11-26)7-8-19(17)27(22(23)29)14-21(28)25-18-12-15(24)6-9-20(18)32-3/h6-9,12-13H,4-5,10-11,14H2,1-3H3,(H,25,28). The molecule has 1 N–H and O–H groups in total. The highest BCUT2D eigenvalue weighted by atomic mass is 35.5. The number of nitrogens with one attached hydrogen (secondary N) is 1. The van der Waals surface area contributed by atoms with Gasteiger partial charge < -0.3 is 15.0 Å². The monoisotopic (exact) mass is 491 g/mol. The molecule has 0 aromatic heterocycles. The lowest BCUT2D eigenvalue weighted by Gasteiger charge is -2.20. The van der Waals surface area contributed by atoms with Crippen LogP contribution >= 0.6 is 11.6 Å². The minimum atomic E-state index is -3.62. The molecule has 0 unspecified atom stereocenters. The number of ether oxygens (including phenoxy) is 1. The zero-order valence-electron chi connectivity index (χ0n) is 18.7. The Balaban J connectivity index is 1.61. The predicted octanol–water partition coefficient (Wildman–Crippen LogP) is 3.40. The number of benzene rings is 2. The summed E-state index contributed by atoms with van der Waals surface area (Å²) in [4.78, 5) is 27.6. The molecule has 4 rings (SSSR count). The van der Waals surface area contributed by atoms with Crippen molar-refractivity contribution < 1.29 is 22.7 Å². The van der Waals surface area contributed by atoms with Gasteiger partial charge in [0.15, 0.2) is 0 Å². The molecule has 2 aromatic carbocycles. The molecular formula is C23H26ClN3O5S. The molecule has 0 aliphatic carbocycles. The molecule has 1 saturated heterocycles. The maximum Gasteiger partial charge on any atom is 0.244 e. The number of nitrogens with zero attached hydrogens (tertiary/aromatic N) is 2. The van der Waals surface area contributed by atoms with Crippen LogP contribution in [0.3, 0.4) is 0 Å². The summed E-state index contributed by atoms with van der Waals surface area (Å²) < 4.78 is 32.8. The van der Waals surface area contributed by atoms with Crippen molar-refractivity contribution >= 4 is 44.8 Å². The van der Waals surface area contributed by atoms with E-state index in [2.05, 4.69) is 5.32 Å². The van der Waals surface area contributed by atoms with Gasteiger partial charge in [-0.05, 0) is 68.7 Å². The summed E-state index contributed by atoms with van der Waals surface area (Å²) in [5.41, 5.74) is 0.535. The molecule has 2 aliphatic rings. The fraction of sp³-hybridized carbons (Fsp3) is 0.391. The van der Waals surface area contributed by atoms with Crippen LogP contribution in [-0.2, 0) is 25.0 Å². The number of carbonyl (C=O) groups is 2. The van der Waals surface area contributed by atoms with Gasteiger partial charge in [-0.25, -0.2) is 8.42 Å². The van der Waals surface area contributed by atoms with Crippen molar-refractivity contribution in [2.45, 2.75) is 37.0 Å². The highest BCUT2D eigenvalue weighted by Crippen LogP contribution is 2.43. The Hall–Kier alpha value is -2.62. The molecule has 176 valence electrons. The number of fused-ring (bicyclic) bond motifs is 1. The van der Waals surface area contributed by atoms with Crippen molar-refractivity contribution in [3.05, 3.63) is 47.0 Å². The van der Waals surface area contributed by atoms with E-state index in [1.807, 2.05) is 0 Å². The normalized spacial score (nSPS) is 17.8. The van der Waals surface area contributed by atoms with Crippen molar-refractivity contribution in [1.29, 1.82) is 0 Å². The molecular weight excluding hydrogens is 466 g/mol. The summed E-state index contributed by atoms with van der Waals surface area (Å²) >= 11 is 6.03. The highest BCUT2D eigenvalue weighted by Gasteiger charge is 2.45. The van der Waals surface area contributed by atoms with Gasteiger partial charge in [0.25, 0.3) is 0 Å². The lowest BCUT2D eigenvalue weighted by molar-refractivity contribution is -0.124. The smallest absolute Gasteiger partial charge is 0.244 e. The van der Waals surface area contributed by atoms with Gasteiger partial charge in [0, 0.05) is 23.8 Å². The Kier molecular flexibility index (Phi) is 6.15. The molecule has 2 heterocycles. The second-order valence-corrected chi connectivity index (χ2v) is 11.1. The third-order valence-corrected chi connectivity index (χ3v) is 8.28. The van der Waals surface area contributed by atoms with Crippen molar-refractivity contribution in [3.63, 3.8) is 0 Å². The minimum absolute atomic E-state index is 0.166. The topological polar surface area (TPSA) is 96.0 Å². The quantitative estimate of drug-likeness (QED) is 0.668. The average molecular weight is 492 g/mol. The van der Waals surface area contributed by atoms with Crippen LogP contribution in [0, 0.1) is 0 Å². The summed E-state index contributed by atoms with van der Waals surface area (Å²) in [5, 5.41) is 3.17. The van der Waals surface area contributed by atoms with E-state index in [1.54, 1.807) is 44.2 Å². The van der Waals surface area contributed by atoms with Crippen molar-refractivity contribution in [2.24, 2.45) is 0 Å². The van der Waals surface area contributed by atoms with Crippen LogP contribution in [0.5, 0.6) is 5.75 Å². The molecule has 2 aliphatic heterocycles. The van der Waals surface area contributed by atoms with E-state index in [0.29, 0.717) is 40.8 Å². The molecule has 0 atom stereocenters. The van der Waals surface area contributed by atoms with Crippen molar-refractivity contribution in [3.8, 4) is 5.75 Å². The molecule has 2 amide bonds. The molecule has 10 heteroatoms. The van der Waals surface area contributed by atoms with Crippen LogP contribution in [0.2, 0.25) is 5.02 Å². The first-order valence-electron chi connectivity index (χ1n) is 10.7. The fourth-order valence-corrected chi connectivity index (χ4v) is 6.04. The van der Waals surface area contributed by atoms with E-state index in [4.69, 9.17) is 16.3 Å². The van der Waals surface area contributed by atoms with Crippen LogP contribution in [-0.4, -0.2) is 51.3 Å². The van der Waals surface area contributed by atoms with Crippen LogP contribution in [0.1, 0.15) is 32.3 Å². The highest BCUT2D eigenvalue weighted by molar-refractivity contribution is 7.89. The SMILES string of the molecule is COc1ccc(Cl)cc1NC(=O)CN1C(=O)C(C)(C)c2cc(S(=O)(=O)N3CCCC3)ccc21. The molecule has 2 aromatic rings. The molecule has 0 radical (unpaired) electrons. The van der Waals surface area contributed by atoms with Crippen LogP contribution < -0.4 is 15.0 Å². The summed E-state index contributed by atoms with van der Waals surface area (Å²) in [7, 11) is -2.14. The summed E-state index contributed by atoms with van der Waals surface area (Å²) in [6.45, 7) is 4.24. The number of sulfonamides is 1. The molecule has 8 nitrogen and oxygen atoms in total. The number of hydrogen-bond acceptors (Lipinski definition) is 5. The van der Waals surface area contributed by atoms with E-state index in [1.165, 1.54) is 22.4 Å². The van der Waals surface area contributed by atoms with Gasteiger partial charge >= 0.3 is 0 Å². The lowest BCUT2D eigenvalue weighted by Crippen LogP contribution is -2.40. The summed E-state index contributed by atoms with van der Waals surface area (Å²) in [5.74, 6) is -0.263. The van der Waals surface area contributed by atoms with E-state index in [0.717, 1.165) is 12.8 Å². The third-order valence-electron chi connectivity index (χ3n) is 6.15. The molecule has 33 heavy (non-hydrogen) atoms. The van der Waals surface area contributed by atoms with E-state index in [9.17, 15) is 18.0 Å². The number of anilines is 2. The Morgan fingerprint density at radius 2 is 1.85 bits per heavy atom. The van der Waals surface area contributed by atoms with E-state index < -0.39 is 21.3 Å². The minimum Gasteiger partial charge on any atom is -0.495 e. The summed E-state index contributed by atoms with van der Waals surface area (Å²) in [6, 6.07) is 9.53. The van der Waals surface area contributed by atoms with Gasteiger partial charge in [0.2, 0.25) is 21.8 Å². The molecule has 0 bridgehead atoms. The Morgan fingerprint density at radius 1 is 1.15 bits per heavy atom. The Bertz CT molecular complexity index is 1220. The van der Waals surface area contributed by atoms with Gasteiger partial charge in [-0.3, -0.25) is 9.59 Å². The first kappa shape index (κ1) is 23.5. The molecule has 0 spiro atoms. The third kappa shape index (κ3) is 4.20. The molecule has 0 saturated carbocycles. The van der Waals surface area contributed by atoms with Gasteiger partial charge in [-0.2, -0.15) is 4.31 Å². The first-order valence-corrected chi connectivity index (χ1v) is 12.5. The number of rotatable bonds is 6. The number of carbonyl (C=O) groups excluding carboxylic acids is 2. The van der Waals surface area contributed by atoms with Gasteiger partial charge in [0.05, 0.1) is 23.1 Å². The number of amides is 2. The van der Waals surface area contributed by atoms with Crippen LogP contribution in [0.15, 0.2) is 41.3 Å². The second-order valence-electron chi connectivity index (χ2n) is 8.70. The zero-order chi connectivity index (χ0) is 24.0. The van der Waals surface area contributed by atoms with Gasteiger partial charge in [-0.15, -0.1) is 0 Å². The zero-order valence-corrected chi connectivity index (χ0v) is 20.3. The van der Waals surface area contributed by atoms with E-state index >= 15 is 0 Å². The number of halogens is 1. The first-order chi connectivity index (χ1) is 15.6. The number of hydrogen-bond donors (Lipinski definition) is 1. The number of methoxy groups -OCH3 is 1. The average Bonchev–Trinajstić information content (AvgIpc) is 3.37. The Labute approximate surface area is 198 Å². The van der Waals surface area contributed by atoms with Crippen LogP contribution in [0.25, 0.3) is 0 Å². The maximum atomic E-state index is 13.2. The van der Waals surface area contributed by atoms with Gasteiger partial charge in [0.1, 0.15) is 12.3 Å². The molecule has 1 fully saturated rings. The second kappa shape index (κ2) is 8.62. The largest absolute Gasteiger partial charge is 0.495 e. The Morgan fingerprint density at radius 3 is 2.52 bits per heavy atom.